The molecule has 3 aliphatic rings. The summed E-state index contributed by atoms with van der Waals surface area (Å²) in [6.45, 7) is 0.830. The molecule has 0 radical (unpaired) electrons. The monoisotopic (exact) mass is 428 g/mol. The van der Waals surface area contributed by atoms with Crippen molar-refractivity contribution in [3.05, 3.63) is 34.6 Å². The summed E-state index contributed by atoms with van der Waals surface area (Å²) in [5.74, 6) is -5.35. The number of carbonyl (C=O) groups excluding carboxylic acids is 2. The maximum absolute atomic E-state index is 14.4. The topological polar surface area (TPSA) is 49.4 Å². The number of fused-ring (bicyclic) bond motifs is 2. The van der Waals surface area contributed by atoms with Gasteiger partial charge in [-0.05, 0) is 55.2 Å². The Hall–Kier alpha value is -1.76. The van der Waals surface area contributed by atoms with Gasteiger partial charge in [-0.25, -0.2) is 13.2 Å². The molecule has 2 aliphatic carbocycles. The van der Waals surface area contributed by atoms with E-state index in [-0.39, 0.29) is 41.6 Å². The first-order valence-corrected chi connectivity index (χ1v) is 10.5. The van der Waals surface area contributed by atoms with Crippen molar-refractivity contribution in [1.82, 2.24) is 10.2 Å². The molecule has 1 aliphatic heterocycles. The van der Waals surface area contributed by atoms with Crippen molar-refractivity contribution in [3.8, 4) is 0 Å². The number of benzene rings is 1. The fraction of sp³-hybridized carbons (Fsp3) is 0.619. The molecule has 2 amide bonds. The first-order valence-electron chi connectivity index (χ1n) is 10.1. The van der Waals surface area contributed by atoms with Crippen molar-refractivity contribution < 1.29 is 22.8 Å². The molecule has 29 heavy (non-hydrogen) atoms. The van der Waals surface area contributed by atoms with Crippen LogP contribution >= 0.6 is 11.6 Å². The molecule has 3 atom stereocenters. The van der Waals surface area contributed by atoms with E-state index in [4.69, 9.17) is 11.6 Å². The molecule has 3 unspecified atom stereocenters. The molecular weight excluding hydrogens is 405 g/mol. The third-order valence-electron chi connectivity index (χ3n) is 6.85. The summed E-state index contributed by atoms with van der Waals surface area (Å²) >= 11 is 5.97. The van der Waals surface area contributed by atoms with Crippen LogP contribution in [0.3, 0.4) is 0 Å². The lowest BCUT2D eigenvalue weighted by Gasteiger charge is -2.39. The van der Waals surface area contributed by atoms with Gasteiger partial charge in [-0.2, -0.15) is 0 Å². The number of nitrogens with zero attached hydrogens (tertiary/aromatic N) is 1. The number of carbonyl (C=O) groups is 2. The fourth-order valence-electron chi connectivity index (χ4n) is 5.29. The molecule has 1 saturated heterocycles. The Morgan fingerprint density at radius 3 is 2.59 bits per heavy atom. The van der Waals surface area contributed by atoms with Crippen LogP contribution in [0.4, 0.5) is 13.2 Å². The number of hydrogen-bond acceptors (Lipinski definition) is 2. The molecule has 4 nitrogen and oxygen atoms in total. The number of halogens is 4. The average Bonchev–Trinajstić information content (AvgIpc) is 2.85. The minimum absolute atomic E-state index is 0.00369. The van der Waals surface area contributed by atoms with Crippen molar-refractivity contribution in [2.45, 2.75) is 43.9 Å². The normalized spacial score (nSPS) is 29.4. The zero-order valence-corrected chi connectivity index (χ0v) is 16.7. The first-order chi connectivity index (χ1) is 13.8. The zero-order valence-electron chi connectivity index (χ0n) is 16.0. The van der Waals surface area contributed by atoms with Gasteiger partial charge in [0.25, 0.3) is 5.92 Å². The Kier molecular flexibility index (Phi) is 5.53. The number of rotatable bonds is 4. The van der Waals surface area contributed by atoms with Gasteiger partial charge in [0.2, 0.25) is 11.8 Å². The van der Waals surface area contributed by atoms with E-state index in [1.807, 2.05) is 0 Å². The van der Waals surface area contributed by atoms with E-state index >= 15 is 0 Å². The molecular formula is C21H24ClF3N2O2. The highest BCUT2D eigenvalue weighted by Gasteiger charge is 2.56. The molecule has 0 aromatic heterocycles. The third-order valence-corrected chi connectivity index (χ3v) is 7.14. The van der Waals surface area contributed by atoms with Crippen LogP contribution < -0.4 is 5.32 Å². The molecule has 3 fully saturated rings. The van der Waals surface area contributed by atoms with Gasteiger partial charge in [-0.15, -0.1) is 0 Å². The van der Waals surface area contributed by atoms with E-state index in [0.29, 0.717) is 44.3 Å². The van der Waals surface area contributed by atoms with Crippen LogP contribution in [0.15, 0.2) is 18.2 Å². The second kappa shape index (κ2) is 7.82. The lowest BCUT2D eigenvalue weighted by Crippen LogP contribution is -2.50. The number of alkyl halides is 2. The minimum Gasteiger partial charge on any atom is -0.353 e. The minimum atomic E-state index is -2.64. The zero-order chi connectivity index (χ0) is 20.8. The van der Waals surface area contributed by atoms with E-state index in [0.717, 1.165) is 0 Å². The van der Waals surface area contributed by atoms with Crippen molar-refractivity contribution >= 4 is 23.4 Å². The van der Waals surface area contributed by atoms with Crippen LogP contribution in [0, 0.1) is 23.6 Å². The van der Waals surface area contributed by atoms with Crippen LogP contribution in [0.2, 0.25) is 5.02 Å². The van der Waals surface area contributed by atoms with E-state index in [1.54, 1.807) is 6.07 Å². The Balaban J connectivity index is 1.58. The molecule has 8 heteroatoms. The average molecular weight is 429 g/mol. The molecule has 1 aromatic rings. The highest BCUT2D eigenvalue weighted by atomic mass is 35.5. The largest absolute Gasteiger partial charge is 0.353 e. The van der Waals surface area contributed by atoms with E-state index in [1.165, 1.54) is 17.0 Å². The molecule has 2 bridgehead atoms. The van der Waals surface area contributed by atoms with Crippen LogP contribution in [-0.2, 0) is 9.59 Å². The van der Waals surface area contributed by atoms with Crippen LogP contribution in [0.1, 0.15) is 43.6 Å². The lowest BCUT2D eigenvalue weighted by atomic mass is 9.69. The van der Waals surface area contributed by atoms with Gasteiger partial charge in [0.1, 0.15) is 5.82 Å². The SMILES string of the molecule is O=C1CN(C(=O)CC(c2ccc(F)c(Cl)c2)C2CC3CCC(C2)C3(F)F)CCN1. The summed E-state index contributed by atoms with van der Waals surface area (Å²) < 4.78 is 42.5. The van der Waals surface area contributed by atoms with Crippen LogP contribution in [-0.4, -0.2) is 42.3 Å². The Morgan fingerprint density at radius 1 is 1.28 bits per heavy atom. The van der Waals surface area contributed by atoms with Crippen molar-refractivity contribution in [2.75, 3.05) is 19.6 Å². The standard InChI is InChI=1S/C21H24ClF3N2O2/c22-17-9-12(1-4-18(17)23)16(10-20(29)27-6-5-26-19(28)11-27)13-7-14-2-3-15(8-13)21(14,24)25/h1,4,9,13-16H,2-3,5-8,10-11H2,(H,26,28). The smallest absolute Gasteiger partial charge is 0.253 e. The van der Waals surface area contributed by atoms with Crippen molar-refractivity contribution in [2.24, 2.45) is 17.8 Å². The molecule has 2 saturated carbocycles. The second-order valence-corrected chi connectivity index (χ2v) is 8.93. The summed E-state index contributed by atoms with van der Waals surface area (Å²) in [6.07, 6.45) is 1.80. The van der Waals surface area contributed by atoms with Gasteiger partial charge in [0.05, 0.1) is 11.6 Å². The summed E-state index contributed by atoms with van der Waals surface area (Å²) in [7, 11) is 0. The Bertz CT molecular complexity index is 803. The third kappa shape index (κ3) is 3.98. The van der Waals surface area contributed by atoms with Crippen molar-refractivity contribution in [1.29, 1.82) is 0 Å². The van der Waals surface area contributed by atoms with Crippen LogP contribution in [0.25, 0.3) is 0 Å². The summed E-state index contributed by atoms with van der Waals surface area (Å²) in [4.78, 5) is 26.1. The first kappa shape index (κ1) is 20.5. The fourth-order valence-corrected chi connectivity index (χ4v) is 5.48. The maximum atomic E-state index is 14.4. The Labute approximate surface area is 172 Å². The van der Waals surface area contributed by atoms with Gasteiger partial charge >= 0.3 is 0 Å². The van der Waals surface area contributed by atoms with E-state index < -0.39 is 23.6 Å². The predicted octanol–water partition coefficient (Wildman–Crippen LogP) is 3.98. The number of piperazine rings is 1. The molecule has 1 heterocycles. The summed E-state index contributed by atoms with van der Waals surface area (Å²) in [5, 5.41) is 2.64. The highest BCUT2D eigenvalue weighted by Crippen LogP contribution is 2.57. The highest BCUT2D eigenvalue weighted by molar-refractivity contribution is 6.30. The molecule has 4 rings (SSSR count). The molecule has 1 N–H and O–H groups in total. The second-order valence-electron chi connectivity index (χ2n) is 8.53. The number of nitrogens with one attached hydrogen (secondary N) is 1. The predicted molar refractivity (Wildman–Crippen MR) is 102 cm³/mol. The van der Waals surface area contributed by atoms with E-state index in [2.05, 4.69) is 5.32 Å². The number of hydrogen-bond donors (Lipinski definition) is 1. The van der Waals surface area contributed by atoms with E-state index in [9.17, 15) is 22.8 Å². The quantitative estimate of drug-likeness (QED) is 0.788. The van der Waals surface area contributed by atoms with Gasteiger partial charge in [-0.1, -0.05) is 17.7 Å². The van der Waals surface area contributed by atoms with Gasteiger partial charge < -0.3 is 10.2 Å². The Morgan fingerprint density at radius 2 is 1.97 bits per heavy atom. The van der Waals surface area contributed by atoms with Crippen molar-refractivity contribution in [3.63, 3.8) is 0 Å². The van der Waals surface area contributed by atoms with Gasteiger partial charge in [0, 0.05) is 31.3 Å². The molecule has 158 valence electrons. The van der Waals surface area contributed by atoms with Gasteiger partial charge in [0.15, 0.2) is 0 Å². The maximum Gasteiger partial charge on any atom is 0.253 e. The molecule has 0 spiro atoms. The van der Waals surface area contributed by atoms with Gasteiger partial charge in [-0.3, -0.25) is 9.59 Å². The number of amides is 2. The van der Waals surface area contributed by atoms with Crippen LogP contribution in [0.5, 0.6) is 0 Å². The summed E-state index contributed by atoms with van der Waals surface area (Å²) in [6, 6.07) is 4.36. The lowest BCUT2D eigenvalue weighted by molar-refractivity contribution is -0.139. The summed E-state index contributed by atoms with van der Waals surface area (Å²) in [5.41, 5.74) is 0.695. The molecule has 1 aromatic carbocycles.